The van der Waals surface area contributed by atoms with Crippen LogP contribution in [0.3, 0.4) is 0 Å². The van der Waals surface area contributed by atoms with Crippen molar-refractivity contribution in [2.75, 3.05) is 18.9 Å². The van der Waals surface area contributed by atoms with E-state index < -0.39 is 10.0 Å². The maximum atomic E-state index is 11.2. The molecular weight excluding hydrogens is 218 g/mol. The monoisotopic (exact) mass is 237 g/mol. The van der Waals surface area contributed by atoms with Crippen LogP contribution in [0.1, 0.15) is 33.1 Å². The van der Waals surface area contributed by atoms with Crippen LogP contribution in [0, 0.1) is 0 Å². The highest BCUT2D eigenvalue weighted by Gasteiger charge is 2.06. The van der Waals surface area contributed by atoms with Crippen LogP contribution in [0.2, 0.25) is 0 Å². The van der Waals surface area contributed by atoms with Gasteiger partial charge in [-0.3, -0.25) is 4.79 Å². The van der Waals surface area contributed by atoms with Gasteiger partial charge in [-0.1, -0.05) is 6.92 Å². The van der Waals surface area contributed by atoms with E-state index in [1.807, 2.05) is 0 Å². The van der Waals surface area contributed by atoms with E-state index in [9.17, 15) is 13.2 Å². The first-order valence-electron chi connectivity index (χ1n) is 5.08. The first-order valence-corrected chi connectivity index (χ1v) is 6.74. The van der Waals surface area contributed by atoms with Crippen LogP contribution in [0.4, 0.5) is 0 Å². The van der Waals surface area contributed by atoms with Gasteiger partial charge in [0.2, 0.25) is 10.0 Å². The molecule has 0 saturated carbocycles. The summed E-state index contributed by atoms with van der Waals surface area (Å²) in [6, 6.07) is 0. The summed E-state index contributed by atoms with van der Waals surface area (Å²) in [5.41, 5.74) is 0. The largest absolute Gasteiger partial charge is 0.466 e. The summed E-state index contributed by atoms with van der Waals surface area (Å²) in [6.07, 6.45) is 2.05. The number of hydrogen-bond donors (Lipinski definition) is 1. The Morgan fingerprint density at radius 2 is 1.93 bits per heavy atom. The third kappa shape index (κ3) is 9.68. The van der Waals surface area contributed by atoms with E-state index in [0.29, 0.717) is 26.0 Å². The Morgan fingerprint density at radius 3 is 2.47 bits per heavy atom. The fourth-order valence-corrected chi connectivity index (χ4v) is 2.25. The predicted molar refractivity (Wildman–Crippen MR) is 57.9 cm³/mol. The van der Waals surface area contributed by atoms with Gasteiger partial charge in [0, 0.05) is 13.5 Å². The molecule has 0 heterocycles. The fourth-order valence-electron chi connectivity index (χ4n) is 1.08. The molecule has 0 bridgehead atoms. The smallest absolute Gasteiger partial charge is 0.302 e. The Hall–Kier alpha value is -0.620. The highest BCUT2D eigenvalue weighted by atomic mass is 32.2. The van der Waals surface area contributed by atoms with E-state index in [1.165, 1.54) is 6.92 Å². The van der Waals surface area contributed by atoms with E-state index in [0.717, 1.165) is 6.42 Å². The van der Waals surface area contributed by atoms with Gasteiger partial charge in [-0.05, 0) is 19.3 Å². The summed E-state index contributed by atoms with van der Waals surface area (Å²) < 4.78 is 29.5. The molecule has 5 nitrogen and oxygen atoms in total. The van der Waals surface area contributed by atoms with Crippen LogP contribution in [-0.2, 0) is 19.6 Å². The van der Waals surface area contributed by atoms with Crippen molar-refractivity contribution in [2.45, 2.75) is 33.1 Å². The molecule has 15 heavy (non-hydrogen) atoms. The third-order valence-corrected chi connectivity index (χ3v) is 3.28. The number of rotatable bonds is 8. The van der Waals surface area contributed by atoms with Crippen molar-refractivity contribution in [3.63, 3.8) is 0 Å². The molecule has 90 valence electrons. The molecule has 0 spiro atoms. The molecule has 0 aromatic rings. The summed E-state index contributed by atoms with van der Waals surface area (Å²) in [5.74, 6) is -0.156. The molecular formula is C9H19NO4S. The number of unbranched alkanes of at least 4 members (excludes halogenated alkanes) is 2. The van der Waals surface area contributed by atoms with E-state index in [2.05, 4.69) is 4.72 Å². The van der Waals surface area contributed by atoms with E-state index in [1.54, 1.807) is 6.92 Å². The zero-order chi connectivity index (χ0) is 11.7. The average Bonchev–Trinajstić information content (AvgIpc) is 2.10. The summed E-state index contributed by atoms with van der Waals surface area (Å²) in [4.78, 5) is 10.4. The second kappa shape index (κ2) is 7.64. The molecule has 6 heteroatoms. The molecule has 0 amide bonds. The van der Waals surface area contributed by atoms with Crippen LogP contribution < -0.4 is 4.72 Å². The minimum Gasteiger partial charge on any atom is -0.466 e. The molecule has 0 aromatic heterocycles. The summed E-state index contributed by atoms with van der Waals surface area (Å²) in [7, 11) is -3.09. The predicted octanol–water partition coefficient (Wildman–Crippen LogP) is 0.659. The van der Waals surface area contributed by atoms with Crippen LogP contribution in [0.25, 0.3) is 0 Å². The lowest BCUT2D eigenvalue weighted by Crippen LogP contribution is -2.25. The Balaban J connectivity index is 3.42. The molecule has 0 radical (unpaired) electrons. The Morgan fingerprint density at radius 1 is 1.27 bits per heavy atom. The highest BCUT2D eigenvalue weighted by Crippen LogP contribution is 1.99. The molecule has 1 N–H and O–H groups in total. The van der Waals surface area contributed by atoms with Crippen molar-refractivity contribution in [1.82, 2.24) is 4.72 Å². The maximum absolute atomic E-state index is 11.2. The minimum absolute atomic E-state index is 0.140. The number of ether oxygens (including phenoxy) is 1. The van der Waals surface area contributed by atoms with Crippen molar-refractivity contribution < 1.29 is 17.9 Å². The summed E-state index contributed by atoms with van der Waals surface area (Å²) >= 11 is 0. The van der Waals surface area contributed by atoms with Crippen LogP contribution >= 0.6 is 0 Å². The zero-order valence-electron chi connectivity index (χ0n) is 9.28. The molecule has 0 aliphatic carbocycles. The van der Waals surface area contributed by atoms with Gasteiger partial charge in [-0.15, -0.1) is 0 Å². The number of nitrogens with one attached hydrogen (secondary N) is 1. The zero-order valence-corrected chi connectivity index (χ0v) is 10.1. The first-order chi connectivity index (χ1) is 6.98. The van der Waals surface area contributed by atoms with Crippen molar-refractivity contribution in [2.24, 2.45) is 0 Å². The van der Waals surface area contributed by atoms with Gasteiger partial charge in [0.25, 0.3) is 0 Å². The molecule has 0 aromatic carbocycles. The fraction of sp³-hybridized carbons (Fsp3) is 0.889. The lowest BCUT2D eigenvalue weighted by molar-refractivity contribution is -0.141. The second-order valence-corrected chi connectivity index (χ2v) is 5.14. The summed E-state index contributed by atoms with van der Waals surface area (Å²) in [5, 5.41) is 0. The van der Waals surface area contributed by atoms with E-state index in [-0.39, 0.29) is 11.7 Å². The van der Waals surface area contributed by atoms with Crippen LogP contribution in [0.15, 0.2) is 0 Å². The highest BCUT2D eigenvalue weighted by molar-refractivity contribution is 7.89. The van der Waals surface area contributed by atoms with Gasteiger partial charge < -0.3 is 4.74 Å². The molecule has 0 saturated heterocycles. The number of hydrogen-bond acceptors (Lipinski definition) is 4. The molecule has 0 aliphatic rings. The van der Waals surface area contributed by atoms with Crippen LogP contribution in [-0.4, -0.2) is 33.3 Å². The third-order valence-electron chi connectivity index (χ3n) is 1.73. The van der Waals surface area contributed by atoms with Gasteiger partial charge in [0.1, 0.15) is 0 Å². The maximum Gasteiger partial charge on any atom is 0.302 e. The Labute approximate surface area is 91.2 Å². The standard InChI is InChI=1S/C9H19NO4S/c1-3-10-15(12,13)8-6-4-5-7-14-9(2)11/h10H,3-8H2,1-2H3. The average molecular weight is 237 g/mol. The van der Waals surface area contributed by atoms with Gasteiger partial charge in [-0.2, -0.15) is 0 Å². The SMILES string of the molecule is CCNS(=O)(=O)CCCCCOC(C)=O. The van der Waals surface area contributed by atoms with Crippen molar-refractivity contribution in [3.05, 3.63) is 0 Å². The van der Waals surface area contributed by atoms with Gasteiger partial charge >= 0.3 is 5.97 Å². The van der Waals surface area contributed by atoms with E-state index >= 15 is 0 Å². The summed E-state index contributed by atoms with van der Waals surface area (Å²) in [6.45, 7) is 3.90. The number of carbonyl (C=O) groups excluding carboxylic acids is 1. The topological polar surface area (TPSA) is 72.5 Å². The van der Waals surface area contributed by atoms with Gasteiger partial charge in [0.05, 0.1) is 12.4 Å². The Kier molecular flexibility index (Phi) is 7.33. The molecule has 0 aliphatic heterocycles. The van der Waals surface area contributed by atoms with E-state index in [4.69, 9.17) is 4.74 Å². The Bertz CT molecular complexity index is 274. The van der Waals surface area contributed by atoms with Crippen molar-refractivity contribution >= 4 is 16.0 Å². The van der Waals surface area contributed by atoms with Crippen LogP contribution in [0.5, 0.6) is 0 Å². The lowest BCUT2D eigenvalue weighted by atomic mass is 10.3. The molecule has 0 atom stereocenters. The second-order valence-electron chi connectivity index (χ2n) is 3.22. The van der Waals surface area contributed by atoms with Crippen molar-refractivity contribution in [3.8, 4) is 0 Å². The van der Waals surface area contributed by atoms with Crippen molar-refractivity contribution in [1.29, 1.82) is 0 Å². The van der Waals surface area contributed by atoms with Gasteiger partial charge in [-0.25, -0.2) is 13.1 Å². The number of esters is 1. The van der Waals surface area contributed by atoms with Gasteiger partial charge in [0.15, 0.2) is 0 Å². The molecule has 0 unspecified atom stereocenters. The molecule has 0 fully saturated rings. The minimum atomic E-state index is -3.09. The lowest BCUT2D eigenvalue weighted by Gasteiger charge is -2.04. The normalized spacial score (nSPS) is 11.3. The number of carbonyl (C=O) groups is 1. The quantitative estimate of drug-likeness (QED) is 0.497. The number of sulfonamides is 1. The first kappa shape index (κ1) is 14.4. The molecule has 0 rings (SSSR count).